The Morgan fingerprint density at radius 3 is 2.65 bits per heavy atom. The number of nitrogens with zero attached hydrogens (tertiary/aromatic N) is 1. The molecule has 0 atom stereocenters. The molecule has 88 valence electrons. The van der Waals surface area contributed by atoms with Crippen LogP contribution in [-0.2, 0) is 0 Å². The highest BCUT2D eigenvalue weighted by Crippen LogP contribution is 2.28. The van der Waals surface area contributed by atoms with E-state index in [9.17, 15) is 13.6 Å². The monoisotopic (exact) mass is 273 g/mol. The fourth-order valence-electron chi connectivity index (χ4n) is 1.37. The molecule has 2 aromatic heterocycles. The minimum Gasteiger partial charge on any atom is -0.276 e. The van der Waals surface area contributed by atoms with E-state index in [-0.39, 0.29) is 5.56 Å². The van der Waals surface area contributed by atoms with Gasteiger partial charge in [0.05, 0.1) is 16.1 Å². The Bertz CT molecular complexity index is 542. The molecule has 0 saturated heterocycles. The second-order valence-corrected chi connectivity index (χ2v) is 4.47. The van der Waals surface area contributed by atoms with E-state index in [2.05, 4.69) is 4.98 Å². The summed E-state index contributed by atoms with van der Waals surface area (Å²) >= 11 is 6.61. The number of halogens is 3. The van der Waals surface area contributed by atoms with Gasteiger partial charge in [-0.3, -0.25) is 4.79 Å². The molecular weight excluding hydrogens is 268 g/mol. The fraction of sp³-hybridized carbons (Fsp3) is 0.0909. The van der Waals surface area contributed by atoms with Crippen molar-refractivity contribution in [2.75, 3.05) is 0 Å². The van der Waals surface area contributed by atoms with Gasteiger partial charge in [-0.1, -0.05) is 6.07 Å². The zero-order valence-corrected chi connectivity index (χ0v) is 9.93. The number of hydrogen-bond acceptors (Lipinski definition) is 3. The quantitative estimate of drug-likeness (QED) is 0.787. The average molecular weight is 274 g/mol. The highest BCUT2D eigenvalue weighted by atomic mass is 35.5. The van der Waals surface area contributed by atoms with Gasteiger partial charge in [0, 0.05) is 0 Å². The summed E-state index contributed by atoms with van der Waals surface area (Å²) < 4.78 is 25.5. The number of hydrogen-bond donors (Lipinski definition) is 0. The van der Waals surface area contributed by atoms with Crippen molar-refractivity contribution in [3.8, 4) is 10.6 Å². The van der Waals surface area contributed by atoms with Crippen molar-refractivity contribution in [3.05, 3.63) is 40.9 Å². The Labute approximate surface area is 105 Å². The van der Waals surface area contributed by atoms with E-state index in [0.29, 0.717) is 5.69 Å². The molecule has 2 aromatic rings. The highest BCUT2D eigenvalue weighted by Gasteiger charge is 2.20. The van der Waals surface area contributed by atoms with Crippen LogP contribution in [0.4, 0.5) is 8.78 Å². The molecule has 17 heavy (non-hydrogen) atoms. The lowest BCUT2D eigenvalue weighted by Gasteiger charge is -2.06. The summed E-state index contributed by atoms with van der Waals surface area (Å²) in [4.78, 5) is 15.5. The van der Waals surface area contributed by atoms with Crippen LogP contribution in [0.3, 0.4) is 0 Å². The molecule has 2 heterocycles. The first-order valence-corrected chi connectivity index (χ1v) is 5.88. The van der Waals surface area contributed by atoms with Crippen LogP contribution in [0, 0.1) is 0 Å². The molecule has 0 aliphatic rings. The molecule has 0 spiro atoms. The average Bonchev–Trinajstić information content (AvgIpc) is 2.81. The number of thiophene rings is 1. The summed E-state index contributed by atoms with van der Waals surface area (Å²) in [6, 6.07) is 6.35. The molecule has 0 saturated carbocycles. The zero-order chi connectivity index (χ0) is 12.4. The molecule has 0 aromatic carbocycles. The minimum absolute atomic E-state index is 0.248. The van der Waals surface area contributed by atoms with Gasteiger partial charge in [0.2, 0.25) is 0 Å². The van der Waals surface area contributed by atoms with Crippen molar-refractivity contribution >= 4 is 28.2 Å². The largest absolute Gasteiger partial charge is 0.281 e. The number of rotatable bonds is 3. The van der Waals surface area contributed by atoms with Crippen molar-refractivity contribution in [2.24, 2.45) is 0 Å². The smallest absolute Gasteiger partial charge is 0.276 e. The van der Waals surface area contributed by atoms with E-state index < -0.39 is 17.4 Å². The van der Waals surface area contributed by atoms with Crippen LogP contribution in [0.5, 0.6) is 0 Å². The van der Waals surface area contributed by atoms with E-state index in [4.69, 9.17) is 11.6 Å². The Morgan fingerprint density at radius 2 is 2.12 bits per heavy atom. The first-order valence-electron chi connectivity index (χ1n) is 4.62. The molecule has 0 unspecified atom stereocenters. The summed E-state index contributed by atoms with van der Waals surface area (Å²) in [6.07, 6.45) is -2.83. The fourth-order valence-corrected chi connectivity index (χ4v) is 2.22. The standard InChI is InChI=1S/C11H6ClF2NOS/c12-10(16)6-3-4-7(8-2-1-5-17-8)15-9(6)11(13)14/h1-5,11H. The molecule has 0 aliphatic heterocycles. The van der Waals surface area contributed by atoms with Gasteiger partial charge in [-0.2, -0.15) is 0 Å². The van der Waals surface area contributed by atoms with Gasteiger partial charge in [-0.05, 0) is 35.2 Å². The van der Waals surface area contributed by atoms with Gasteiger partial charge in [0.15, 0.2) is 0 Å². The van der Waals surface area contributed by atoms with Crippen molar-refractivity contribution in [1.29, 1.82) is 0 Å². The zero-order valence-electron chi connectivity index (χ0n) is 8.36. The SMILES string of the molecule is O=C(Cl)c1ccc(-c2cccs2)nc1C(F)F. The lowest BCUT2D eigenvalue weighted by molar-refractivity contribution is 0.106. The van der Waals surface area contributed by atoms with Gasteiger partial charge in [0.1, 0.15) is 5.69 Å². The third-order valence-electron chi connectivity index (χ3n) is 2.12. The van der Waals surface area contributed by atoms with Crippen molar-refractivity contribution in [3.63, 3.8) is 0 Å². The number of aromatic nitrogens is 1. The third kappa shape index (κ3) is 2.50. The molecule has 0 amide bonds. The van der Waals surface area contributed by atoms with E-state index in [1.165, 1.54) is 23.5 Å². The lowest BCUT2D eigenvalue weighted by Crippen LogP contribution is -2.02. The van der Waals surface area contributed by atoms with E-state index in [1.54, 1.807) is 12.1 Å². The molecule has 2 nitrogen and oxygen atoms in total. The van der Waals surface area contributed by atoms with Crippen molar-refractivity contribution in [1.82, 2.24) is 4.98 Å². The summed E-state index contributed by atoms with van der Waals surface area (Å²) in [5.41, 5.74) is -0.408. The van der Waals surface area contributed by atoms with E-state index >= 15 is 0 Å². The maximum atomic E-state index is 12.7. The molecule has 6 heteroatoms. The van der Waals surface area contributed by atoms with Crippen LogP contribution < -0.4 is 0 Å². The Kier molecular flexibility index (Phi) is 3.49. The number of pyridine rings is 1. The van der Waals surface area contributed by atoms with Gasteiger partial charge < -0.3 is 0 Å². The van der Waals surface area contributed by atoms with Crippen LogP contribution in [0.15, 0.2) is 29.6 Å². The summed E-state index contributed by atoms with van der Waals surface area (Å²) in [5, 5.41) is 0.894. The molecule has 0 bridgehead atoms. The van der Waals surface area contributed by atoms with Crippen LogP contribution in [-0.4, -0.2) is 10.2 Å². The first-order chi connectivity index (χ1) is 8.09. The maximum absolute atomic E-state index is 12.7. The number of carbonyl (C=O) groups is 1. The molecule has 0 N–H and O–H groups in total. The highest BCUT2D eigenvalue weighted by molar-refractivity contribution is 7.13. The molecule has 0 aliphatic carbocycles. The van der Waals surface area contributed by atoms with Crippen molar-refractivity contribution in [2.45, 2.75) is 6.43 Å². The Hall–Kier alpha value is -1.33. The van der Waals surface area contributed by atoms with E-state index in [1.807, 2.05) is 5.38 Å². The number of carbonyl (C=O) groups excluding carboxylic acids is 1. The third-order valence-corrected chi connectivity index (χ3v) is 3.21. The second kappa shape index (κ2) is 4.89. The van der Waals surface area contributed by atoms with Gasteiger partial charge in [-0.25, -0.2) is 13.8 Å². The molecule has 0 radical (unpaired) electrons. The normalized spacial score (nSPS) is 10.8. The van der Waals surface area contributed by atoms with Crippen LogP contribution >= 0.6 is 22.9 Å². The van der Waals surface area contributed by atoms with Crippen LogP contribution in [0.1, 0.15) is 22.5 Å². The maximum Gasteiger partial charge on any atom is 0.281 e. The van der Waals surface area contributed by atoms with Crippen molar-refractivity contribution < 1.29 is 13.6 Å². The predicted octanol–water partition coefficient (Wildman–Crippen LogP) is 4.13. The van der Waals surface area contributed by atoms with Gasteiger partial charge >= 0.3 is 0 Å². The Morgan fingerprint density at radius 1 is 1.35 bits per heavy atom. The first kappa shape index (κ1) is 12.1. The molecule has 2 rings (SSSR count). The predicted molar refractivity (Wildman–Crippen MR) is 62.7 cm³/mol. The topological polar surface area (TPSA) is 30.0 Å². The van der Waals surface area contributed by atoms with Gasteiger partial charge in [0.25, 0.3) is 11.7 Å². The van der Waals surface area contributed by atoms with E-state index in [0.717, 1.165) is 4.88 Å². The summed E-state index contributed by atoms with van der Waals surface area (Å²) in [6.45, 7) is 0. The summed E-state index contributed by atoms with van der Waals surface area (Å²) in [7, 11) is 0. The second-order valence-electron chi connectivity index (χ2n) is 3.18. The summed E-state index contributed by atoms with van der Waals surface area (Å²) in [5.74, 6) is 0. The van der Waals surface area contributed by atoms with Crippen LogP contribution in [0.25, 0.3) is 10.6 Å². The lowest BCUT2D eigenvalue weighted by atomic mass is 10.2. The molecule has 0 fully saturated rings. The molecular formula is C11H6ClF2NOS. The minimum atomic E-state index is -2.83. The van der Waals surface area contributed by atoms with Crippen LogP contribution in [0.2, 0.25) is 0 Å². The number of alkyl halides is 2. The Balaban J connectivity index is 2.53. The van der Waals surface area contributed by atoms with Gasteiger partial charge in [-0.15, -0.1) is 11.3 Å².